The van der Waals surface area contributed by atoms with Crippen molar-refractivity contribution >= 4 is 41.5 Å². The molecule has 46 heavy (non-hydrogen) atoms. The smallest absolute Gasteiger partial charge is 0.305 e. The summed E-state index contributed by atoms with van der Waals surface area (Å²) < 4.78 is 5.69. The van der Waals surface area contributed by atoms with Gasteiger partial charge in [0.2, 0.25) is 29.5 Å². The molecule has 1 saturated heterocycles. The molecule has 2 rings (SSSR count). The maximum atomic E-state index is 13.7. The standard InChI is InChI=1S/C30H46N8O8/c1-4-5-13-46-19-10-8-18(9-11-19)14-21-28(44)38-25(17(2)3)29(45)36-20(7-6-12-33-30(31)32)26(42)34-16-23(39)35-22(15-24(40)41)27(43)37-21/h8-11,17,20-22,25H,4-7,12-16H2,1-3H3,(H,34,42)(H,35,39)(H,36,45)(H,37,43)(H,38,44)(H,40,41)(H4,31,32,33)/t20-,21+,22-,25-/m0/s1. The summed E-state index contributed by atoms with van der Waals surface area (Å²) >= 11 is 0. The monoisotopic (exact) mass is 646 g/mol. The maximum absolute atomic E-state index is 13.7. The highest BCUT2D eigenvalue weighted by molar-refractivity contribution is 5.98. The molecule has 1 aromatic rings. The number of carboxylic acids is 1. The number of rotatable bonds is 13. The summed E-state index contributed by atoms with van der Waals surface area (Å²) in [6, 6.07) is 1.84. The van der Waals surface area contributed by atoms with E-state index in [1.54, 1.807) is 38.1 Å². The topological polar surface area (TPSA) is 256 Å². The van der Waals surface area contributed by atoms with Crippen molar-refractivity contribution < 1.29 is 38.6 Å². The first-order chi connectivity index (χ1) is 21.8. The van der Waals surface area contributed by atoms with Gasteiger partial charge in [-0.05, 0) is 42.9 Å². The highest BCUT2D eigenvalue weighted by Gasteiger charge is 2.34. The Bertz CT molecular complexity index is 1250. The molecule has 1 fully saturated rings. The average Bonchev–Trinajstić information content (AvgIpc) is 2.99. The van der Waals surface area contributed by atoms with E-state index < -0.39 is 78.6 Å². The largest absolute Gasteiger partial charge is 0.494 e. The van der Waals surface area contributed by atoms with Crippen molar-refractivity contribution in [3.63, 3.8) is 0 Å². The number of nitrogens with zero attached hydrogens (tertiary/aromatic N) is 1. The van der Waals surface area contributed by atoms with E-state index in [0.717, 1.165) is 12.8 Å². The molecule has 1 heterocycles. The second kappa shape index (κ2) is 18.8. The molecule has 1 aliphatic rings. The number of benzene rings is 1. The fourth-order valence-corrected chi connectivity index (χ4v) is 4.52. The minimum absolute atomic E-state index is 0.0273. The molecule has 1 aromatic carbocycles. The van der Waals surface area contributed by atoms with E-state index in [4.69, 9.17) is 16.2 Å². The van der Waals surface area contributed by atoms with Crippen LogP contribution in [0.4, 0.5) is 0 Å². The number of carbonyl (C=O) groups is 6. The molecule has 0 spiro atoms. The Kier molecular flexibility index (Phi) is 15.3. The van der Waals surface area contributed by atoms with Crippen LogP contribution in [0.25, 0.3) is 0 Å². The highest BCUT2D eigenvalue weighted by Crippen LogP contribution is 2.15. The van der Waals surface area contributed by atoms with Gasteiger partial charge in [0.25, 0.3) is 0 Å². The van der Waals surface area contributed by atoms with Gasteiger partial charge in [0.05, 0.1) is 19.6 Å². The molecule has 10 N–H and O–H groups in total. The second-order valence-corrected chi connectivity index (χ2v) is 11.3. The van der Waals surface area contributed by atoms with Gasteiger partial charge in [0, 0.05) is 13.0 Å². The van der Waals surface area contributed by atoms with Gasteiger partial charge in [0.1, 0.15) is 29.9 Å². The third kappa shape index (κ3) is 13.0. The normalized spacial score (nSPS) is 21.4. The highest BCUT2D eigenvalue weighted by atomic mass is 16.5. The van der Waals surface area contributed by atoms with Crippen LogP contribution >= 0.6 is 0 Å². The number of unbranched alkanes of at least 4 members (excludes halogenated alkanes) is 1. The first-order valence-electron chi connectivity index (χ1n) is 15.3. The number of ether oxygens (including phenoxy) is 1. The van der Waals surface area contributed by atoms with Crippen LogP contribution in [-0.4, -0.2) is 90.4 Å². The quantitative estimate of drug-likeness (QED) is 0.0711. The fourth-order valence-electron chi connectivity index (χ4n) is 4.52. The van der Waals surface area contributed by atoms with Crippen LogP contribution in [0.2, 0.25) is 0 Å². The van der Waals surface area contributed by atoms with Gasteiger partial charge < -0.3 is 47.9 Å². The fraction of sp³-hybridized carbons (Fsp3) is 0.567. The maximum Gasteiger partial charge on any atom is 0.305 e. The molecule has 16 nitrogen and oxygen atoms in total. The summed E-state index contributed by atoms with van der Waals surface area (Å²) in [7, 11) is 0. The number of aliphatic imine (C=N–C) groups is 1. The van der Waals surface area contributed by atoms with Crippen molar-refractivity contribution in [2.24, 2.45) is 22.4 Å². The van der Waals surface area contributed by atoms with Crippen LogP contribution in [0, 0.1) is 5.92 Å². The van der Waals surface area contributed by atoms with Crippen molar-refractivity contribution in [3.8, 4) is 5.75 Å². The van der Waals surface area contributed by atoms with Gasteiger partial charge in [-0.2, -0.15) is 0 Å². The third-order valence-electron chi connectivity index (χ3n) is 7.04. The van der Waals surface area contributed by atoms with Gasteiger partial charge in [-0.3, -0.25) is 33.8 Å². The summed E-state index contributed by atoms with van der Waals surface area (Å²) in [5.41, 5.74) is 11.4. The van der Waals surface area contributed by atoms with Gasteiger partial charge in [0.15, 0.2) is 5.96 Å². The predicted octanol–water partition coefficient (Wildman–Crippen LogP) is -1.34. The lowest BCUT2D eigenvalue weighted by molar-refractivity contribution is -0.141. The summed E-state index contributed by atoms with van der Waals surface area (Å²) in [6.07, 6.45) is 1.44. The zero-order chi connectivity index (χ0) is 34.2. The first kappa shape index (κ1) is 37.3. The third-order valence-corrected chi connectivity index (χ3v) is 7.04. The Balaban J connectivity index is 2.42. The van der Waals surface area contributed by atoms with Crippen molar-refractivity contribution in [2.75, 3.05) is 19.7 Å². The molecule has 0 radical (unpaired) electrons. The van der Waals surface area contributed by atoms with E-state index in [1.165, 1.54) is 0 Å². The summed E-state index contributed by atoms with van der Waals surface area (Å²) in [4.78, 5) is 81.5. The second-order valence-electron chi connectivity index (χ2n) is 11.3. The van der Waals surface area contributed by atoms with Crippen LogP contribution in [0.15, 0.2) is 29.3 Å². The predicted molar refractivity (Wildman–Crippen MR) is 168 cm³/mol. The van der Waals surface area contributed by atoms with E-state index in [2.05, 4.69) is 31.6 Å². The molecule has 0 aromatic heterocycles. The number of hydrogen-bond donors (Lipinski definition) is 8. The lowest BCUT2D eigenvalue weighted by Gasteiger charge is -2.27. The van der Waals surface area contributed by atoms with E-state index in [1.807, 2.05) is 6.92 Å². The number of nitrogens with two attached hydrogens (primary N) is 2. The van der Waals surface area contributed by atoms with Crippen molar-refractivity contribution in [1.29, 1.82) is 0 Å². The number of amides is 5. The molecule has 254 valence electrons. The van der Waals surface area contributed by atoms with Crippen LogP contribution in [-0.2, 0) is 35.2 Å². The molecule has 0 bridgehead atoms. The molecule has 16 heteroatoms. The molecule has 0 saturated carbocycles. The lowest BCUT2D eigenvalue weighted by atomic mass is 9.99. The van der Waals surface area contributed by atoms with Crippen LogP contribution < -0.4 is 42.8 Å². The SMILES string of the molecule is CCCCOc1ccc(C[C@H]2NC(=O)[C@H](CC(=O)O)NC(=O)CNC(=O)[C@H](CCCN=C(N)N)NC(=O)[C@H](C(C)C)NC2=O)cc1. The van der Waals surface area contributed by atoms with Gasteiger partial charge in [-0.25, -0.2) is 0 Å². The Morgan fingerprint density at radius 3 is 2.17 bits per heavy atom. The molecule has 4 atom stereocenters. The van der Waals surface area contributed by atoms with Gasteiger partial charge >= 0.3 is 5.97 Å². The molecule has 1 aliphatic heterocycles. The Hall–Kier alpha value is -4.89. The minimum Gasteiger partial charge on any atom is -0.494 e. The summed E-state index contributed by atoms with van der Waals surface area (Å²) in [5.74, 6) is -5.21. The Morgan fingerprint density at radius 2 is 1.57 bits per heavy atom. The van der Waals surface area contributed by atoms with E-state index >= 15 is 0 Å². The number of hydrogen-bond acceptors (Lipinski definition) is 8. The molecule has 0 aliphatic carbocycles. The lowest BCUT2D eigenvalue weighted by Crippen LogP contribution is -2.59. The number of carbonyl (C=O) groups excluding carboxylic acids is 5. The molecular formula is C30H46N8O8. The zero-order valence-corrected chi connectivity index (χ0v) is 26.5. The van der Waals surface area contributed by atoms with E-state index in [0.29, 0.717) is 24.3 Å². The number of carboxylic acid groups (broad SMARTS) is 1. The molecular weight excluding hydrogens is 600 g/mol. The van der Waals surface area contributed by atoms with Crippen molar-refractivity contribution in [3.05, 3.63) is 29.8 Å². The van der Waals surface area contributed by atoms with Crippen molar-refractivity contribution in [1.82, 2.24) is 26.6 Å². The van der Waals surface area contributed by atoms with Crippen LogP contribution in [0.1, 0.15) is 58.4 Å². The number of guanidine groups is 1. The van der Waals surface area contributed by atoms with E-state index in [-0.39, 0.29) is 25.3 Å². The molecule has 0 unspecified atom stereocenters. The van der Waals surface area contributed by atoms with Crippen LogP contribution in [0.3, 0.4) is 0 Å². The number of aliphatic carboxylic acids is 1. The minimum atomic E-state index is -1.56. The zero-order valence-electron chi connectivity index (χ0n) is 26.5. The van der Waals surface area contributed by atoms with E-state index in [9.17, 15) is 33.9 Å². The number of nitrogens with one attached hydrogen (secondary N) is 5. The Labute approximate surface area is 267 Å². The average molecular weight is 647 g/mol. The van der Waals surface area contributed by atoms with Crippen molar-refractivity contribution in [2.45, 2.75) is 83.5 Å². The van der Waals surface area contributed by atoms with Gasteiger partial charge in [-0.1, -0.05) is 39.3 Å². The molecule has 5 amide bonds. The summed E-state index contributed by atoms with van der Waals surface area (Å²) in [6.45, 7) is 5.55. The van der Waals surface area contributed by atoms with Gasteiger partial charge in [-0.15, -0.1) is 0 Å². The Morgan fingerprint density at radius 1 is 0.913 bits per heavy atom. The summed E-state index contributed by atoms with van der Waals surface area (Å²) in [5, 5.41) is 22.0. The van der Waals surface area contributed by atoms with Crippen LogP contribution in [0.5, 0.6) is 5.75 Å². The first-order valence-corrected chi connectivity index (χ1v) is 15.3.